The number of aryl methyl sites for hydroxylation is 1. The summed E-state index contributed by atoms with van der Waals surface area (Å²) < 4.78 is 0. The molecule has 0 atom stereocenters. The summed E-state index contributed by atoms with van der Waals surface area (Å²) in [6.45, 7) is 7.62. The number of anilines is 1. The Morgan fingerprint density at radius 1 is 1.37 bits per heavy atom. The van der Waals surface area contributed by atoms with E-state index in [1.807, 2.05) is 46.7 Å². The zero-order valence-electron chi connectivity index (χ0n) is 12.5. The third-order valence-corrected chi connectivity index (χ3v) is 2.92. The molecule has 106 valence electrons. The van der Waals surface area contributed by atoms with Gasteiger partial charge in [-0.1, -0.05) is 20.8 Å². The average molecular weight is 265 g/mol. The van der Waals surface area contributed by atoms with E-state index in [-0.39, 0.29) is 17.9 Å². The van der Waals surface area contributed by atoms with Crippen LogP contribution < -0.4 is 15.6 Å². The van der Waals surface area contributed by atoms with Crippen molar-refractivity contribution in [1.29, 1.82) is 0 Å². The second kappa shape index (κ2) is 5.47. The van der Waals surface area contributed by atoms with Crippen LogP contribution in [0.25, 0.3) is 0 Å². The molecule has 1 rings (SSSR count). The SMILES string of the molecule is Cc1[nH]c(N(C)C)cc(=O)c1CNC(=O)C(C)(C)C. The van der Waals surface area contributed by atoms with Crippen molar-refractivity contribution in [2.75, 3.05) is 19.0 Å². The standard InChI is InChI=1S/C14H23N3O2/c1-9-10(8-15-13(19)14(2,3)4)11(18)7-12(16-9)17(5)6/h7H,8H2,1-6H3,(H,15,19)(H,16,18). The summed E-state index contributed by atoms with van der Waals surface area (Å²) >= 11 is 0. The molecule has 19 heavy (non-hydrogen) atoms. The second-order valence-electron chi connectivity index (χ2n) is 5.95. The maximum Gasteiger partial charge on any atom is 0.225 e. The van der Waals surface area contributed by atoms with Gasteiger partial charge >= 0.3 is 0 Å². The highest BCUT2D eigenvalue weighted by molar-refractivity contribution is 5.81. The summed E-state index contributed by atoms with van der Waals surface area (Å²) in [5.74, 6) is 0.691. The number of carbonyl (C=O) groups excluding carboxylic acids is 1. The lowest BCUT2D eigenvalue weighted by Crippen LogP contribution is -2.36. The van der Waals surface area contributed by atoms with E-state index in [0.29, 0.717) is 5.56 Å². The molecular formula is C14H23N3O2. The van der Waals surface area contributed by atoms with Crippen molar-refractivity contribution >= 4 is 11.7 Å². The normalized spacial score (nSPS) is 11.3. The largest absolute Gasteiger partial charge is 0.364 e. The van der Waals surface area contributed by atoms with Crippen LogP contribution in [-0.2, 0) is 11.3 Å². The Hall–Kier alpha value is -1.78. The molecule has 5 nitrogen and oxygen atoms in total. The fourth-order valence-corrected chi connectivity index (χ4v) is 1.59. The third kappa shape index (κ3) is 3.84. The number of nitrogens with one attached hydrogen (secondary N) is 2. The lowest BCUT2D eigenvalue weighted by Gasteiger charge is -2.19. The Morgan fingerprint density at radius 3 is 2.37 bits per heavy atom. The van der Waals surface area contributed by atoms with Gasteiger partial charge in [-0.3, -0.25) is 9.59 Å². The van der Waals surface area contributed by atoms with Crippen LogP contribution in [0, 0.1) is 12.3 Å². The predicted octanol–water partition coefficient (Wildman–Crippen LogP) is 1.41. The monoisotopic (exact) mass is 265 g/mol. The van der Waals surface area contributed by atoms with Crippen LogP contribution in [0.5, 0.6) is 0 Å². The van der Waals surface area contributed by atoms with Gasteiger partial charge in [-0.2, -0.15) is 0 Å². The molecule has 0 aliphatic heterocycles. The molecule has 1 aromatic heterocycles. The van der Waals surface area contributed by atoms with Gasteiger partial charge in [0.2, 0.25) is 5.91 Å². The first-order valence-corrected chi connectivity index (χ1v) is 6.31. The zero-order valence-corrected chi connectivity index (χ0v) is 12.5. The Labute approximate surface area is 114 Å². The van der Waals surface area contributed by atoms with Gasteiger partial charge in [-0.25, -0.2) is 0 Å². The van der Waals surface area contributed by atoms with Crippen LogP contribution in [0.4, 0.5) is 5.82 Å². The summed E-state index contributed by atoms with van der Waals surface area (Å²) in [4.78, 5) is 28.8. The van der Waals surface area contributed by atoms with Gasteiger partial charge in [-0.05, 0) is 6.92 Å². The minimum Gasteiger partial charge on any atom is -0.364 e. The van der Waals surface area contributed by atoms with E-state index in [9.17, 15) is 9.59 Å². The molecule has 0 aliphatic carbocycles. The van der Waals surface area contributed by atoms with Gasteiger partial charge in [0.1, 0.15) is 5.82 Å². The number of amides is 1. The van der Waals surface area contributed by atoms with Gasteiger partial charge in [0.25, 0.3) is 0 Å². The average Bonchev–Trinajstić information content (AvgIpc) is 2.25. The van der Waals surface area contributed by atoms with E-state index < -0.39 is 5.41 Å². The van der Waals surface area contributed by atoms with E-state index in [1.165, 1.54) is 0 Å². The van der Waals surface area contributed by atoms with Crippen molar-refractivity contribution in [3.05, 3.63) is 27.5 Å². The molecule has 2 N–H and O–H groups in total. The number of H-pyrrole nitrogens is 1. The summed E-state index contributed by atoms with van der Waals surface area (Å²) in [7, 11) is 3.73. The molecule has 0 saturated heterocycles. The van der Waals surface area contributed by atoms with E-state index in [4.69, 9.17) is 0 Å². The number of carbonyl (C=O) groups is 1. The van der Waals surface area contributed by atoms with Crippen LogP contribution in [0.1, 0.15) is 32.0 Å². The van der Waals surface area contributed by atoms with Crippen LogP contribution in [-0.4, -0.2) is 25.0 Å². The number of rotatable bonds is 3. The molecule has 1 amide bonds. The molecule has 0 saturated carbocycles. The summed E-state index contributed by atoms with van der Waals surface area (Å²) in [6, 6.07) is 1.55. The molecule has 0 fully saturated rings. The minimum absolute atomic E-state index is 0.0610. The van der Waals surface area contributed by atoms with Crippen molar-refractivity contribution in [2.24, 2.45) is 5.41 Å². The number of nitrogens with zero attached hydrogens (tertiary/aromatic N) is 1. The zero-order chi connectivity index (χ0) is 14.8. The maximum absolute atomic E-state index is 12.0. The molecule has 0 unspecified atom stereocenters. The van der Waals surface area contributed by atoms with Gasteiger partial charge in [0.15, 0.2) is 5.43 Å². The molecule has 0 aliphatic rings. The van der Waals surface area contributed by atoms with Gasteiger partial charge in [-0.15, -0.1) is 0 Å². The lowest BCUT2D eigenvalue weighted by molar-refractivity contribution is -0.128. The number of hydrogen-bond donors (Lipinski definition) is 2. The van der Waals surface area contributed by atoms with Crippen LogP contribution in [0.3, 0.4) is 0 Å². The molecular weight excluding hydrogens is 242 g/mol. The minimum atomic E-state index is -0.454. The summed E-state index contributed by atoms with van der Waals surface area (Å²) in [5, 5.41) is 2.80. The van der Waals surface area contributed by atoms with Crippen LogP contribution in [0.2, 0.25) is 0 Å². The van der Waals surface area contributed by atoms with Crippen molar-refractivity contribution in [3.63, 3.8) is 0 Å². The smallest absolute Gasteiger partial charge is 0.225 e. The van der Waals surface area contributed by atoms with Gasteiger partial charge in [0, 0.05) is 43.4 Å². The fourth-order valence-electron chi connectivity index (χ4n) is 1.59. The van der Waals surface area contributed by atoms with Gasteiger partial charge in [0.05, 0.1) is 0 Å². The Balaban J connectivity index is 2.92. The molecule has 0 aromatic carbocycles. The number of aromatic amines is 1. The topological polar surface area (TPSA) is 65.2 Å². The van der Waals surface area contributed by atoms with E-state index >= 15 is 0 Å². The first-order valence-electron chi connectivity index (χ1n) is 6.31. The highest BCUT2D eigenvalue weighted by atomic mass is 16.2. The Morgan fingerprint density at radius 2 is 1.95 bits per heavy atom. The third-order valence-electron chi connectivity index (χ3n) is 2.92. The first kappa shape index (κ1) is 15.3. The molecule has 0 bridgehead atoms. The van der Waals surface area contributed by atoms with E-state index in [0.717, 1.165) is 11.5 Å². The maximum atomic E-state index is 12.0. The van der Waals surface area contributed by atoms with E-state index in [2.05, 4.69) is 10.3 Å². The number of pyridine rings is 1. The quantitative estimate of drug-likeness (QED) is 0.868. The van der Waals surface area contributed by atoms with E-state index in [1.54, 1.807) is 6.07 Å². The Bertz CT molecular complexity index is 524. The predicted molar refractivity (Wildman–Crippen MR) is 77.4 cm³/mol. The van der Waals surface area contributed by atoms with Crippen LogP contribution >= 0.6 is 0 Å². The fraction of sp³-hybridized carbons (Fsp3) is 0.571. The second-order valence-corrected chi connectivity index (χ2v) is 5.95. The highest BCUT2D eigenvalue weighted by Crippen LogP contribution is 2.13. The van der Waals surface area contributed by atoms with Crippen LogP contribution in [0.15, 0.2) is 10.9 Å². The van der Waals surface area contributed by atoms with Crippen molar-refractivity contribution in [3.8, 4) is 0 Å². The van der Waals surface area contributed by atoms with Crippen molar-refractivity contribution < 1.29 is 4.79 Å². The number of hydrogen-bond acceptors (Lipinski definition) is 3. The summed E-state index contributed by atoms with van der Waals surface area (Å²) in [6.07, 6.45) is 0. The van der Waals surface area contributed by atoms with Gasteiger partial charge < -0.3 is 15.2 Å². The molecule has 0 spiro atoms. The van der Waals surface area contributed by atoms with Crippen molar-refractivity contribution in [1.82, 2.24) is 10.3 Å². The number of aromatic nitrogens is 1. The Kier molecular flexibility index (Phi) is 4.39. The first-order chi connectivity index (χ1) is 8.62. The van der Waals surface area contributed by atoms with Crippen molar-refractivity contribution in [2.45, 2.75) is 34.2 Å². The summed E-state index contributed by atoms with van der Waals surface area (Å²) in [5.41, 5.74) is 0.868. The molecule has 0 radical (unpaired) electrons. The highest BCUT2D eigenvalue weighted by Gasteiger charge is 2.21. The molecule has 1 aromatic rings. The molecule has 1 heterocycles. The lowest BCUT2D eigenvalue weighted by atomic mass is 9.95. The molecule has 5 heteroatoms.